The highest BCUT2D eigenvalue weighted by Crippen LogP contribution is 2.34. The molecule has 3 amide bonds. The van der Waals surface area contributed by atoms with Crippen LogP contribution in [0.3, 0.4) is 0 Å². The predicted molar refractivity (Wildman–Crippen MR) is 79.2 cm³/mol. The summed E-state index contributed by atoms with van der Waals surface area (Å²) < 4.78 is 11.8. The van der Waals surface area contributed by atoms with E-state index in [2.05, 4.69) is 26.2 Å². The molecule has 3 rings (SSSR count). The van der Waals surface area contributed by atoms with Crippen LogP contribution >= 0.6 is 11.8 Å². The Morgan fingerprint density at radius 2 is 2.17 bits per heavy atom. The van der Waals surface area contributed by atoms with Crippen LogP contribution in [0.25, 0.3) is 0 Å². The standard InChI is InChI=1S/C12H12N6O4S/c1-18-12(15-16-17-18)23-5-10(19)14-11(20)13-7-2-3-8-9(4-7)22-6-21-8/h2-4H,5-6H2,1H3,(H2,13,14,19,20). The van der Waals surface area contributed by atoms with Gasteiger partial charge >= 0.3 is 6.03 Å². The number of ether oxygens (including phenoxy) is 2. The molecule has 120 valence electrons. The van der Waals surface area contributed by atoms with Crippen molar-refractivity contribution in [3.05, 3.63) is 18.2 Å². The molecule has 0 saturated heterocycles. The molecule has 1 aliphatic rings. The second-order valence-corrected chi connectivity index (χ2v) is 5.39. The fourth-order valence-corrected chi connectivity index (χ4v) is 2.42. The Hall–Kier alpha value is -2.82. The SMILES string of the molecule is Cn1nnnc1SCC(=O)NC(=O)Nc1ccc2c(c1)OCO2. The molecule has 23 heavy (non-hydrogen) atoms. The van der Waals surface area contributed by atoms with Gasteiger partial charge in [0.1, 0.15) is 0 Å². The fraction of sp³-hybridized carbons (Fsp3) is 0.250. The maximum absolute atomic E-state index is 11.8. The lowest BCUT2D eigenvalue weighted by Gasteiger charge is -2.07. The summed E-state index contributed by atoms with van der Waals surface area (Å²) in [6.07, 6.45) is 0. The van der Waals surface area contributed by atoms with Gasteiger partial charge in [0.25, 0.3) is 0 Å². The smallest absolute Gasteiger partial charge is 0.325 e. The van der Waals surface area contributed by atoms with Crippen molar-refractivity contribution in [1.82, 2.24) is 25.5 Å². The molecule has 1 aliphatic heterocycles. The molecule has 2 aromatic rings. The van der Waals surface area contributed by atoms with E-state index in [4.69, 9.17) is 9.47 Å². The number of hydrogen-bond acceptors (Lipinski definition) is 8. The summed E-state index contributed by atoms with van der Waals surface area (Å²) in [5, 5.41) is 16.1. The van der Waals surface area contributed by atoms with Crippen molar-refractivity contribution >= 4 is 29.4 Å². The topological polar surface area (TPSA) is 120 Å². The lowest BCUT2D eigenvalue weighted by atomic mass is 10.3. The number of benzene rings is 1. The van der Waals surface area contributed by atoms with Crippen molar-refractivity contribution in [2.75, 3.05) is 17.9 Å². The molecule has 0 aliphatic carbocycles. The van der Waals surface area contributed by atoms with E-state index in [-0.39, 0.29) is 12.5 Å². The first-order chi connectivity index (χ1) is 11.1. The molecule has 11 heteroatoms. The molecule has 0 spiro atoms. The zero-order valence-corrected chi connectivity index (χ0v) is 12.8. The summed E-state index contributed by atoms with van der Waals surface area (Å²) in [6.45, 7) is 0.150. The van der Waals surface area contributed by atoms with E-state index in [0.29, 0.717) is 22.3 Å². The zero-order chi connectivity index (χ0) is 16.2. The molecule has 2 heterocycles. The number of fused-ring (bicyclic) bond motifs is 1. The van der Waals surface area contributed by atoms with E-state index in [1.807, 2.05) is 0 Å². The number of amides is 3. The minimum Gasteiger partial charge on any atom is -0.454 e. The number of carbonyl (C=O) groups is 2. The second kappa shape index (κ2) is 6.52. The molecular formula is C12H12N6O4S. The second-order valence-electron chi connectivity index (χ2n) is 4.44. The number of aromatic nitrogens is 4. The Kier molecular flexibility index (Phi) is 4.28. The van der Waals surface area contributed by atoms with Gasteiger partial charge in [-0.3, -0.25) is 10.1 Å². The van der Waals surface area contributed by atoms with Crippen molar-refractivity contribution in [2.45, 2.75) is 5.16 Å². The molecule has 0 fully saturated rings. The van der Waals surface area contributed by atoms with Gasteiger partial charge in [-0.1, -0.05) is 11.8 Å². The Balaban J connectivity index is 1.49. The van der Waals surface area contributed by atoms with Gasteiger partial charge in [0.2, 0.25) is 17.9 Å². The number of nitrogens with one attached hydrogen (secondary N) is 2. The van der Waals surface area contributed by atoms with Gasteiger partial charge in [0, 0.05) is 18.8 Å². The van der Waals surface area contributed by atoms with Gasteiger partial charge in [0.15, 0.2) is 11.5 Å². The van der Waals surface area contributed by atoms with E-state index < -0.39 is 11.9 Å². The van der Waals surface area contributed by atoms with Crippen molar-refractivity contribution in [3.63, 3.8) is 0 Å². The fourth-order valence-electron chi connectivity index (χ4n) is 1.77. The van der Waals surface area contributed by atoms with Crippen LogP contribution in [0.4, 0.5) is 10.5 Å². The molecule has 0 saturated carbocycles. The summed E-state index contributed by atoms with van der Waals surface area (Å²) in [5.74, 6) is 0.708. The van der Waals surface area contributed by atoms with Gasteiger partial charge in [0.05, 0.1) is 5.75 Å². The molecule has 1 aromatic carbocycles. The van der Waals surface area contributed by atoms with Crippen LogP contribution in [0.2, 0.25) is 0 Å². The number of aryl methyl sites for hydroxylation is 1. The molecule has 2 N–H and O–H groups in total. The molecular weight excluding hydrogens is 324 g/mol. The number of hydrogen-bond donors (Lipinski definition) is 2. The zero-order valence-electron chi connectivity index (χ0n) is 12.0. The van der Waals surface area contributed by atoms with Gasteiger partial charge in [-0.05, 0) is 22.6 Å². The maximum atomic E-state index is 11.8. The monoisotopic (exact) mass is 336 g/mol. The number of thioether (sulfide) groups is 1. The van der Waals surface area contributed by atoms with Crippen molar-refractivity contribution in [1.29, 1.82) is 0 Å². The first kappa shape index (κ1) is 15.1. The molecule has 10 nitrogen and oxygen atoms in total. The summed E-state index contributed by atoms with van der Waals surface area (Å²) in [5.41, 5.74) is 0.490. The van der Waals surface area contributed by atoms with Crippen molar-refractivity contribution in [3.8, 4) is 11.5 Å². The lowest BCUT2D eigenvalue weighted by Crippen LogP contribution is -2.35. The number of rotatable bonds is 4. The number of carbonyl (C=O) groups excluding carboxylic acids is 2. The molecule has 0 atom stereocenters. The lowest BCUT2D eigenvalue weighted by molar-refractivity contribution is -0.117. The van der Waals surface area contributed by atoms with E-state index in [9.17, 15) is 9.59 Å². The highest BCUT2D eigenvalue weighted by molar-refractivity contribution is 7.99. The van der Waals surface area contributed by atoms with Crippen LogP contribution in [0.5, 0.6) is 11.5 Å². The van der Waals surface area contributed by atoms with Crippen molar-refractivity contribution < 1.29 is 19.1 Å². The first-order valence-electron chi connectivity index (χ1n) is 6.47. The minimum atomic E-state index is -0.634. The molecule has 0 unspecified atom stereocenters. The third-order valence-electron chi connectivity index (χ3n) is 2.80. The van der Waals surface area contributed by atoms with Crippen LogP contribution in [0, 0.1) is 0 Å². The highest BCUT2D eigenvalue weighted by Gasteiger charge is 2.15. The quantitative estimate of drug-likeness (QED) is 0.769. The first-order valence-corrected chi connectivity index (χ1v) is 7.46. The van der Waals surface area contributed by atoms with Gasteiger partial charge < -0.3 is 14.8 Å². The largest absolute Gasteiger partial charge is 0.454 e. The average molecular weight is 336 g/mol. The van der Waals surface area contributed by atoms with Gasteiger partial charge in [-0.15, -0.1) is 5.10 Å². The average Bonchev–Trinajstić information content (AvgIpc) is 3.13. The van der Waals surface area contributed by atoms with E-state index >= 15 is 0 Å². The number of tetrazole rings is 1. The number of urea groups is 1. The number of anilines is 1. The molecule has 1 aromatic heterocycles. The van der Waals surface area contributed by atoms with Gasteiger partial charge in [-0.25, -0.2) is 9.48 Å². The van der Waals surface area contributed by atoms with Crippen LogP contribution < -0.4 is 20.1 Å². The van der Waals surface area contributed by atoms with E-state index in [0.717, 1.165) is 11.8 Å². The number of imide groups is 1. The van der Waals surface area contributed by atoms with Crippen LogP contribution in [0.15, 0.2) is 23.4 Å². The highest BCUT2D eigenvalue weighted by atomic mass is 32.2. The van der Waals surface area contributed by atoms with E-state index in [1.165, 1.54) is 4.68 Å². The normalized spacial score (nSPS) is 12.0. The number of nitrogens with zero attached hydrogens (tertiary/aromatic N) is 4. The van der Waals surface area contributed by atoms with Crippen molar-refractivity contribution in [2.24, 2.45) is 7.05 Å². The Morgan fingerprint density at radius 1 is 1.35 bits per heavy atom. The third-order valence-corrected chi connectivity index (χ3v) is 3.81. The van der Waals surface area contributed by atoms with Crippen LogP contribution in [-0.2, 0) is 11.8 Å². The summed E-state index contributed by atoms with van der Waals surface area (Å²) in [4.78, 5) is 23.5. The summed E-state index contributed by atoms with van der Waals surface area (Å²) in [7, 11) is 1.66. The third kappa shape index (κ3) is 3.69. The Labute approximate surface area is 134 Å². The predicted octanol–water partition coefficient (Wildman–Crippen LogP) is 0.379. The van der Waals surface area contributed by atoms with Gasteiger partial charge in [-0.2, -0.15) is 0 Å². The molecule has 0 radical (unpaired) electrons. The summed E-state index contributed by atoms with van der Waals surface area (Å²) in [6, 6.07) is 4.31. The maximum Gasteiger partial charge on any atom is 0.325 e. The summed E-state index contributed by atoms with van der Waals surface area (Å²) >= 11 is 1.12. The minimum absolute atomic E-state index is 0.0166. The molecule has 0 bridgehead atoms. The Bertz CT molecular complexity index is 749. The van der Waals surface area contributed by atoms with E-state index in [1.54, 1.807) is 25.2 Å². The van der Waals surface area contributed by atoms with Crippen LogP contribution in [0.1, 0.15) is 0 Å². The Morgan fingerprint density at radius 3 is 2.96 bits per heavy atom. The van der Waals surface area contributed by atoms with Crippen LogP contribution in [-0.4, -0.2) is 44.7 Å².